The Bertz CT molecular complexity index is 334. The van der Waals surface area contributed by atoms with E-state index in [4.69, 9.17) is 0 Å². The number of hydrogen-bond acceptors (Lipinski definition) is 2. The van der Waals surface area contributed by atoms with Crippen LogP contribution >= 0.6 is 0 Å². The highest BCUT2D eigenvalue weighted by Gasteiger charge is 2.67. The van der Waals surface area contributed by atoms with Gasteiger partial charge in [-0.05, 0) is 61.2 Å². The van der Waals surface area contributed by atoms with Gasteiger partial charge in [0.05, 0.1) is 11.7 Å². The highest BCUT2D eigenvalue weighted by Crippen LogP contribution is 2.71. The first-order chi connectivity index (χ1) is 7.77. The van der Waals surface area contributed by atoms with Crippen LogP contribution in [0.3, 0.4) is 0 Å². The molecule has 0 heterocycles. The molecule has 0 saturated heterocycles. The summed E-state index contributed by atoms with van der Waals surface area (Å²) < 4.78 is 0. The first kappa shape index (κ1) is 12.0. The van der Waals surface area contributed by atoms with Gasteiger partial charge in [0.15, 0.2) is 0 Å². The molecule has 0 aromatic rings. The lowest BCUT2D eigenvalue weighted by atomic mass is 9.74. The van der Waals surface area contributed by atoms with Gasteiger partial charge >= 0.3 is 0 Å². The largest absolute Gasteiger partial charge is 0.393 e. The molecule has 2 N–H and O–H groups in total. The van der Waals surface area contributed by atoms with Crippen molar-refractivity contribution < 1.29 is 10.2 Å². The van der Waals surface area contributed by atoms with Crippen molar-refractivity contribution in [3.05, 3.63) is 0 Å². The molecule has 3 fully saturated rings. The Morgan fingerprint density at radius 1 is 1.12 bits per heavy atom. The van der Waals surface area contributed by atoms with Crippen LogP contribution in [0.5, 0.6) is 0 Å². The third kappa shape index (κ3) is 1.46. The summed E-state index contributed by atoms with van der Waals surface area (Å²) >= 11 is 0. The zero-order valence-electron chi connectivity index (χ0n) is 11.5. The summed E-state index contributed by atoms with van der Waals surface area (Å²) in [7, 11) is 0. The van der Waals surface area contributed by atoms with Gasteiger partial charge in [-0.3, -0.25) is 0 Å². The molecule has 0 bridgehead atoms. The van der Waals surface area contributed by atoms with Crippen molar-refractivity contribution in [2.75, 3.05) is 0 Å². The van der Waals surface area contributed by atoms with E-state index in [-0.39, 0.29) is 6.10 Å². The fourth-order valence-corrected chi connectivity index (χ4v) is 5.24. The van der Waals surface area contributed by atoms with E-state index in [0.717, 1.165) is 24.7 Å². The van der Waals surface area contributed by atoms with Gasteiger partial charge in [-0.1, -0.05) is 20.8 Å². The maximum absolute atomic E-state index is 10.7. The van der Waals surface area contributed by atoms with Gasteiger partial charge in [0, 0.05) is 0 Å². The molecule has 98 valence electrons. The average molecular weight is 238 g/mol. The molecule has 0 spiro atoms. The molecule has 2 nitrogen and oxygen atoms in total. The van der Waals surface area contributed by atoms with Gasteiger partial charge in [-0.25, -0.2) is 0 Å². The van der Waals surface area contributed by atoms with Gasteiger partial charge in [-0.15, -0.1) is 0 Å². The van der Waals surface area contributed by atoms with Crippen molar-refractivity contribution in [1.82, 2.24) is 0 Å². The van der Waals surface area contributed by atoms with Gasteiger partial charge < -0.3 is 10.2 Å². The van der Waals surface area contributed by atoms with Crippen LogP contribution in [0.1, 0.15) is 47.0 Å². The molecule has 0 aromatic heterocycles. The lowest BCUT2D eigenvalue weighted by Crippen LogP contribution is -2.38. The Hall–Kier alpha value is -0.0800. The zero-order chi connectivity index (χ0) is 12.6. The number of aliphatic hydroxyl groups is 2. The number of fused-ring (bicyclic) bond motifs is 3. The molecule has 0 aromatic carbocycles. The van der Waals surface area contributed by atoms with E-state index in [0.29, 0.717) is 23.2 Å². The molecular formula is C15H26O2. The normalized spacial score (nSPS) is 60.4. The number of hydrogen-bond donors (Lipinski definition) is 2. The zero-order valence-corrected chi connectivity index (χ0v) is 11.5. The Morgan fingerprint density at radius 2 is 1.76 bits per heavy atom. The van der Waals surface area contributed by atoms with Gasteiger partial charge in [0.2, 0.25) is 0 Å². The van der Waals surface area contributed by atoms with Crippen molar-refractivity contribution in [2.24, 2.45) is 35.0 Å². The van der Waals surface area contributed by atoms with E-state index in [2.05, 4.69) is 20.8 Å². The third-order valence-electron chi connectivity index (χ3n) is 6.49. The monoisotopic (exact) mass is 238 g/mol. The number of aliphatic hydroxyl groups excluding tert-OH is 1. The van der Waals surface area contributed by atoms with E-state index in [1.54, 1.807) is 0 Å². The fraction of sp³-hybridized carbons (Fsp3) is 1.00. The van der Waals surface area contributed by atoms with Crippen LogP contribution in [0.2, 0.25) is 0 Å². The van der Waals surface area contributed by atoms with Gasteiger partial charge in [0.25, 0.3) is 0 Å². The van der Waals surface area contributed by atoms with Crippen LogP contribution in [-0.2, 0) is 0 Å². The molecule has 3 rings (SSSR count). The van der Waals surface area contributed by atoms with E-state index in [1.807, 2.05) is 6.92 Å². The maximum atomic E-state index is 10.7. The quantitative estimate of drug-likeness (QED) is 0.680. The molecule has 0 radical (unpaired) electrons. The summed E-state index contributed by atoms with van der Waals surface area (Å²) in [5.74, 6) is 2.70. The lowest BCUT2D eigenvalue weighted by molar-refractivity contribution is -0.0309. The SMILES string of the molecule is C[C@@H]1C2C3C(CC[C@@](C)(O)C2C[C@H]1O)C3(C)C. The third-order valence-corrected chi connectivity index (χ3v) is 6.49. The highest BCUT2D eigenvalue weighted by molar-refractivity contribution is 5.16. The second-order valence-electron chi connectivity index (χ2n) is 7.70. The summed E-state index contributed by atoms with van der Waals surface area (Å²) in [6.45, 7) is 8.92. The predicted molar refractivity (Wildman–Crippen MR) is 67.4 cm³/mol. The Kier molecular flexibility index (Phi) is 2.30. The first-order valence-electron chi connectivity index (χ1n) is 7.17. The molecule has 17 heavy (non-hydrogen) atoms. The summed E-state index contributed by atoms with van der Waals surface area (Å²) in [6.07, 6.45) is 2.68. The summed E-state index contributed by atoms with van der Waals surface area (Å²) in [6, 6.07) is 0. The fourth-order valence-electron chi connectivity index (χ4n) is 5.24. The van der Waals surface area contributed by atoms with Crippen LogP contribution in [-0.4, -0.2) is 21.9 Å². The topological polar surface area (TPSA) is 40.5 Å². The first-order valence-corrected chi connectivity index (χ1v) is 7.17. The molecule has 3 saturated carbocycles. The van der Waals surface area contributed by atoms with Crippen molar-refractivity contribution in [2.45, 2.75) is 58.7 Å². The van der Waals surface area contributed by atoms with Crippen LogP contribution < -0.4 is 0 Å². The smallest absolute Gasteiger partial charge is 0.0651 e. The minimum atomic E-state index is -0.556. The standard InChI is InChI=1S/C15H26O2/c1-8-11(16)7-10-12(8)13-9(14(13,2)3)5-6-15(10,4)17/h8-13,16-17H,5-7H2,1-4H3/t8-,9?,10?,11+,12?,13?,15+/m0/s1. The minimum absolute atomic E-state index is 0.202. The average Bonchev–Trinajstić information content (AvgIpc) is 2.66. The van der Waals surface area contributed by atoms with Crippen LogP contribution in [0.4, 0.5) is 0 Å². The predicted octanol–water partition coefficient (Wildman–Crippen LogP) is 2.44. The summed E-state index contributed by atoms with van der Waals surface area (Å²) in [5, 5.41) is 20.8. The van der Waals surface area contributed by atoms with Crippen LogP contribution in [0, 0.1) is 35.0 Å². The van der Waals surface area contributed by atoms with Crippen LogP contribution in [0.15, 0.2) is 0 Å². The molecule has 0 aliphatic heterocycles. The molecule has 2 heteroatoms. The van der Waals surface area contributed by atoms with Crippen molar-refractivity contribution in [3.8, 4) is 0 Å². The van der Waals surface area contributed by atoms with Gasteiger partial charge in [0.1, 0.15) is 0 Å². The number of rotatable bonds is 0. The second kappa shape index (κ2) is 3.27. The van der Waals surface area contributed by atoms with Gasteiger partial charge in [-0.2, -0.15) is 0 Å². The Morgan fingerprint density at radius 3 is 2.41 bits per heavy atom. The lowest BCUT2D eigenvalue weighted by Gasteiger charge is -2.35. The van der Waals surface area contributed by atoms with Crippen LogP contribution in [0.25, 0.3) is 0 Å². The maximum Gasteiger partial charge on any atom is 0.0651 e. The molecule has 0 amide bonds. The van der Waals surface area contributed by atoms with Crippen molar-refractivity contribution in [1.29, 1.82) is 0 Å². The molecule has 4 unspecified atom stereocenters. The summed E-state index contributed by atoms with van der Waals surface area (Å²) in [5.41, 5.74) is -0.113. The molecule has 3 aliphatic carbocycles. The minimum Gasteiger partial charge on any atom is -0.393 e. The highest BCUT2D eigenvalue weighted by atomic mass is 16.3. The van der Waals surface area contributed by atoms with E-state index >= 15 is 0 Å². The molecule has 3 aliphatic rings. The molecular weight excluding hydrogens is 212 g/mol. The summed E-state index contributed by atoms with van der Waals surface area (Å²) in [4.78, 5) is 0. The van der Waals surface area contributed by atoms with E-state index in [1.165, 1.54) is 6.42 Å². The van der Waals surface area contributed by atoms with Crippen molar-refractivity contribution >= 4 is 0 Å². The van der Waals surface area contributed by atoms with Crippen molar-refractivity contribution in [3.63, 3.8) is 0 Å². The van der Waals surface area contributed by atoms with E-state index < -0.39 is 5.60 Å². The Labute approximate surface area is 104 Å². The Balaban J connectivity index is 1.96. The molecule has 7 atom stereocenters. The second-order valence-corrected chi connectivity index (χ2v) is 7.70. The van der Waals surface area contributed by atoms with E-state index in [9.17, 15) is 10.2 Å².